The minimum absolute atomic E-state index is 0.133. The molecule has 19 heavy (non-hydrogen) atoms. The minimum atomic E-state index is -0.190. The van der Waals surface area contributed by atoms with Crippen LogP contribution < -0.4 is 5.32 Å². The average Bonchev–Trinajstić information content (AvgIpc) is 2.87. The molecule has 0 spiro atoms. The first-order chi connectivity index (χ1) is 8.86. The summed E-state index contributed by atoms with van der Waals surface area (Å²) in [5.41, 5.74) is 0.676. The Morgan fingerprint density at radius 3 is 2.74 bits per heavy atom. The van der Waals surface area contributed by atoms with Gasteiger partial charge in [0.2, 0.25) is 5.91 Å². The SMILES string of the molecule is Cc1cc(NC(=O)Cn2ccnn2)n(C(C)(C)C)n1. The molecule has 2 aromatic rings. The Labute approximate surface area is 111 Å². The molecule has 1 amide bonds. The van der Waals surface area contributed by atoms with E-state index in [0.717, 1.165) is 5.69 Å². The summed E-state index contributed by atoms with van der Waals surface area (Å²) in [7, 11) is 0. The van der Waals surface area contributed by atoms with Gasteiger partial charge in [-0.2, -0.15) is 5.10 Å². The third kappa shape index (κ3) is 3.18. The Morgan fingerprint density at radius 1 is 1.42 bits per heavy atom. The van der Waals surface area contributed by atoms with Crippen LogP contribution in [0.2, 0.25) is 0 Å². The van der Waals surface area contributed by atoms with E-state index in [1.165, 1.54) is 10.9 Å². The second-order valence-corrected chi connectivity index (χ2v) is 5.40. The zero-order chi connectivity index (χ0) is 14.0. The summed E-state index contributed by atoms with van der Waals surface area (Å²) in [6, 6.07) is 1.85. The maximum atomic E-state index is 11.9. The van der Waals surface area contributed by atoms with E-state index in [1.54, 1.807) is 6.20 Å². The van der Waals surface area contributed by atoms with E-state index in [-0.39, 0.29) is 18.0 Å². The lowest BCUT2D eigenvalue weighted by Gasteiger charge is -2.22. The van der Waals surface area contributed by atoms with Gasteiger partial charge in [0.25, 0.3) is 0 Å². The molecule has 1 N–H and O–H groups in total. The average molecular weight is 262 g/mol. The highest BCUT2D eigenvalue weighted by Gasteiger charge is 2.20. The lowest BCUT2D eigenvalue weighted by molar-refractivity contribution is -0.117. The van der Waals surface area contributed by atoms with Crippen LogP contribution in [0.5, 0.6) is 0 Å². The van der Waals surface area contributed by atoms with Crippen molar-refractivity contribution in [2.45, 2.75) is 39.8 Å². The van der Waals surface area contributed by atoms with Crippen LogP contribution in [0.25, 0.3) is 0 Å². The standard InChI is InChI=1S/C12H18N6O/c1-9-7-10(18(15-9)12(2,3)4)14-11(19)8-17-6-5-13-16-17/h5-7H,8H2,1-4H3,(H,14,19). The molecule has 0 radical (unpaired) electrons. The van der Waals surface area contributed by atoms with Gasteiger partial charge >= 0.3 is 0 Å². The molecule has 0 unspecified atom stereocenters. The van der Waals surface area contributed by atoms with Crippen LogP contribution >= 0.6 is 0 Å². The van der Waals surface area contributed by atoms with E-state index < -0.39 is 0 Å². The fraction of sp³-hybridized carbons (Fsp3) is 0.500. The van der Waals surface area contributed by atoms with Crippen LogP contribution in [-0.4, -0.2) is 30.7 Å². The first-order valence-electron chi connectivity index (χ1n) is 6.07. The molecule has 0 saturated heterocycles. The van der Waals surface area contributed by atoms with Gasteiger partial charge in [-0.1, -0.05) is 5.21 Å². The monoisotopic (exact) mass is 262 g/mol. The predicted octanol–water partition coefficient (Wildman–Crippen LogP) is 1.18. The topological polar surface area (TPSA) is 77.6 Å². The van der Waals surface area contributed by atoms with Gasteiger partial charge in [0.15, 0.2) is 0 Å². The number of aryl methyl sites for hydroxylation is 1. The van der Waals surface area contributed by atoms with E-state index in [0.29, 0.717) is 5.82 Å². The summed E-state index contributed by atoms with van der Waals surface area (Å²) in [5.74, 6) is 0.533. The van der Waals surface area contributed by atoms with Gasteiger partial charge < -0.3 is 5.32 Å². The molecule has 2 aromatic heterocycles. The Bertz CT molecular complexity index is 564. The van der Waals surface area contributed by atoms with Gasteiger partial charge in [0.05, 0.1) is 17.4 Å². The van der Waals surface area contributed by atoms with E-state index in [2.05, 4.69) is 20.7 Å². The molecule has 0 aromatic carbocycles. The third-order valence-corrected chi connectivity index (χ3v) is 2.51. The number of aromatic nitrogens is 5. The summed E-state index contributed by atoms with van der Waals surface area (Å²) in [5, 5.41) is 14.7. The first kappa shape index (κ1) is 13.3. The maximum absolute atomic E-state index is 11.9. The van der Waals surface area contributed by atoms with Crippen LogP contribution in [0.1, 0.15) is 26.5 Å². The highest BCUT2D eigenvalue weighted by atomic mass is 16.2. The van der Waals surface area contributed by atoms with Crippen molar-refractivity contribution >= 4 is 11.7 Å². The summed E-state index contributed by atoms with van der Waals surface area (Å²) in [4.78, 5) is 11.9. The maximum Gasteiger partial charge on any atom is 0.247 e. The van der Waals surface area contributed by atoms with Crippen LogP contribution in [0.3, 0.4) is 0 Å². The number of rotatable bonds is 3. The zero-order valence-electron chi connectivity index (χ0n) is 11.6. The van der Waals surface area contributed by atoms with Crippen LogP contribution in [0.4, 0.5) is 5.82 Å². The molecular formula is C12H18N6O. The van der Waals surface area contributed by atoms with Crippen molar-refractivity contribution in [2.24, 2.45) is 0 Å². The molecule has 7 nitrogen and oxygen atoms in total. The number of nitrogens with zero attached hydrogens (tertiary/aromatic N) is 5. The number of amides is 1. The van der Waals surface area contributed by atoms with Crippen LogP contribution in [-0.2, 0) is 16.9 Å². The molecule has 0 aliphatic rings. The summed E-state index contributed by atoms with van der Waals surface area (Å²) in [6.07, 6.45) is 3.18. The smallest absolute Gasteiger partial charge is 0.247 e. The first-order valence-corrected chi connectivity index (χ1v) is 6.07. The molecule has 2 rings (SSSR count). The third-order valence-electron chi connectivity index (χ3n) is 2.51. The number of hydrogen-bond acceptors (Lipinski definition) is 4. The molecule has 2 heterocycles. The van der Waals surface area contributed by atoms with Crippen molar-refractivity contribution in [3.63, 3.8) is 0 Å². The van der Waals surface area contributed by atoms with Crippen molar-refractivity contribution in [2.75, 3.05) is 5.32 Å². The lowest BCUT2D eigenvalue weighted by atomic mass is 10.1. The largest absolute Gasteiger partial charge is 0.309 e. The van der Waals surface area contributed by atoms with Crippen molar-refractivity contribution < 1.29 is 4.79 Å². The Hall–Kier alpha value is -2.18. The van der Waals surface area contributed by atoms with Crippen LogP contribution in [0.15, 0.2) is 18.5 Å². The van der Waals surface area contributed by atoms with E-state index in [9.17, 15) is 4.79 Å². The van der Waals surface area contributed by atoms with Crippen molar-refractivity contribution in [1.82, 2.24) is 24.8 Å². The number of anilines is 1. The molecule has 7 heteroatoms. The predicted molar refractivity (Wildman–Crippen MR) is 70.6 cm³/mol. The molecule has 0 bridgehead atoms. The molecule has 0 aliphatic heterocycles. The van der Waals surface area contributed by atoms with Gasteiger partial charge in [-0.3, -0.25) is 4.79 Å². The highest BCUT2D eigenvalue weighted by molar-refractivity contribution is 5.89. The Morgan fingerprint density at radius 2 is 2.16 bits per heavy atom. The van der Waals surface area contributed by atoms with E-state index in [1.807, 2.05) is 38.4 Å². The molecule has 0 atom stereocenters. The van der Waals surface area contributed by atoms with Gasteiger partial charge in [-0.05, 0) is 27.7 Å². The lowest BCUT2D eigenvalue weighted by Crippen LogP contribution is -2.28. The van der Waals surface area contributed by atoms with Crippen molar-refractivity contribution in [1.29, 1.82) is 0 Å². The van der Waals surface area contributed by atoms with Gasteiger partial charge in [-0.25, -0.2) is 9.36 Å². The van der Waals surface area contributed by atoms with Crippen molar-refractivity contribution in [3.05, 3.63) is 24.2 Å². The minimum Gasteiger partial charge on any atom is -0.309 e. The second-order valence-electron chi connectivity index (χ2n) is 5.40. The zero-order valence-corrected chi connectivity index (χ0v) is 11.6. The highest BCUT2D eigenvalue weighted by Crippen LogP contribution is 2.21. The molecule has 102 valence electrons. The van der Waals surface area contributed by atoms with Gasteiger partial charge in [0.1, 0.15) is 12.4 Å². The fourth-order valence-corrected chi connectivity index (χ4v) is 1.75. The van der Waals surface area contributed by atoms with Gasteiger partial charge in [-0.15, -0.1) is 5.10 Å². The quantitative estimate of drug-likeness (QED) is 0.901. The van der Waals surface area contributed by atoms with Gasteiger partial charge in [0, 0.05) is 12.3 Å². The van der Waals surface area contributed by atoms with Crippen molar-refractivity contribution in [3.8, 4) is 0 Å². The fourth-order valence-electron chi connectivity index (χ4n) is 1.75. The second kappa shape index (κ2) is 4.83. The Balaban J connectivity index is 2.13. The Kier molecular flexibility index (Phi) is 3.37. The number of hydrogen-bond donors (Lipinski definition) is 1. The molecule has 0 fully saturated rings. The molecule has 0 saturated carbocycles. The van der Waals surface area contributed by atoms with E-state index in [4.69, 9.17) is 0 Å². The molecular weight excluding hydrogens is 244 g/mol. The van der Waals surface area contributed by atoms with Crippen LogP contribution in [0, 0.1) is 6.92 Å². The number of carbonyl (C=O) groups is 1. The van der Waals surface area contributed by atoms with E-state index >= 15 is 0 Å². The number of carbonyl (C=O) groups excluding carboxylic acids is 1. The molecule has 0 aliphatic carbocycles. The summed E-state index contributed by atoms with van der Waals surface area (Å²) < 4.78 is 3.28. The number of nitrogens with one attached hydrogen (secondary N) is 1. The summed E-state index contributed by atoms with van der Waals surface area (Å²) in [6.45, 7) is 8.13. The normalized spacial score (nSPS) is 11.6. The summed E-state index contributed by atoms with van der Waals surface area (Å²) >= 11 is 0.